The second-order valence-corrected chi connectivity index (χ2v) is 16.3. The number of amides is 2. The van der Waals surface area contributed by atoms with Crippen molar-refractivity contribution in [2.75, 3.05) is 24.4 Å². The number of hydrogen-bond acceptors (Lipinski definition) is 8. The molecule has 11 nitrogen and oxygen atoms in total. The molecule has 1 aliphatic rings. The maximum Gasteiger partial charge on any atom is 0.407 e. The van der Waals surface area contributed by atoms with Gasteiger partial charge in [-0.1, -0.05) is 51.5 Å². The summed E-state index contributed by atoms with van der Waals surface area (Å²) in [5.41, 5.74) is 3.78. The molecule has 2 aromatic carbocycles. The molecule has 0 spiro atoms. The van der Waals surface area contributed by atoms with Gasteiger partial charge in [0, 0.05) is 32.6 Å². The minimum atomic E-state index is -4.17. The molecule has 0 saturated heterocycles. The van der Waals surface area contributed by atoms with Crippen molar-refractivity contribution in [1.29, 1.82) is 0 Å². The van der Waals surface area contributed by atoms with Crippen molar-refractivity contribution in [3.63, 3.8) is 0 Å². The molecule has 1 unspecified atom stereocenters. The highest BCUT2D eigenvalue weighted by Gasteiger charge is 2.30. The first-order valence-electron chi connectivity index (χ1n) is 17.5. The van der Waals surface area contributed by atoms with Crippen LogP contribution in [0.3, 0.4) is 0 Å². The van der Waals surface area contributed by atoms with E-state index in [1.165, 1.54) is 12.1 Å². The van der Waals surface area contributed by atoms with Gasteiger partial charge in [0.2, 0.25) is 11.8 Å². The third kappa shape index (κ3) is 9.95. The molecule has 50 heavy (non-hydrogen) atoms. The van der Waals surface area contributed by atoms with Gasteiger partial charge in [0.15, 0.2) is 0 Å². The lowest BCUT2D eigenvalue weighted by molar-refractivity contribution is 0.0523. The lowest BCUT2D eigenvalue weighted by Crippen LogP contribution is -2.45. The number of fused-ring (bicyclic) bond motifs is 4. The Morgan fingerprint density at radius 2 is 1.78 bits per heavy atom. The number of carbonyl (C=O) groups excluding carboxylic acids is 2. The van der Waals surface area contributed by atoms with Crippen LogP contribution in [0.1, 0.15) is 97.1 Å². The Hall–Kier alpha value is -4.19. The quantitative estimate of drug-likeness (QED) is 0.216. The number of aryl methyl sites for hydroxylation is 2. The van der Waals surface area contributed by atoms with Gasteiger partial charge in [-0.05, 0) is 102 Å². The van der Waals surface area contributed by atoms with E-state index in [4.69, 9.17) is 14.5 Å². The van der Waals surface area contributed by atoms with E-state index < -0.39 is 21.7 Å². The van der Waals surface area contributed by atoms with Crippen molar-refractivity contribution < 1.29 is 30.3 Å². The number of benzene rings is 2. The van der Waals surface area contributed by atoms with Gasteiger partial charge in [-0.2, -0.15) is 4.98 Å². The second-order valence-electron chi connectivity index (χ2n) is 14.6. The fraction of sp³-hybridized carbons (Fsp3) is 0.526. The van der Waals surface area contributed by atoms with Crippen LogP contribution in [0.25, 0.3) is 11.3 Å². The van der Waals surface area contributed by atoms with Crippen molar-refractivity contribution in [3.8, 4) is 17.1 Å². The number of aromatic nitrogens is 2. The van der Waals surface area contributed by atoms with E-state index >= 15 is 0 Å². The van der Waals surface area contributed by atoms with E-state index in [-0.39, 0.29) is 55.5 Å². The molecule has 2 heterocycles. The summed E-state index contributed by atoms with van der Waals surface area (Å²) >= 11 is 0. The number of ether oxygens (including phenoxy) is 2. The van der Waals surface area contributed by atoms with Gasteiger partial charge >= 0.3 is 6.09 Å². The van der Waals surface area contributed by atoms with Crippen LogP contribution in [-0.2, 0) is 14.8 Å². The largest absolute Gasteiger partial charge is 0.475 e. The lowest BCUT2D eigenvalue weighted by Gasteiger charge is -2.34. The Morgan fingerprint density at radius 1 is 1.10 bits per heavy atom. The first-order valence-corrected chi connectivity index (χ1v) is 19.0. The standard InChI is InChI=1S/C38H53N5O6S.2H2/c1-10-28(17-19-39-37(45)49-38(7,8)9)18-20-43-30(21-24(2)3)23-48-34-27(6)33(32-25(4)13-11-14-26(32)5)40-36(41-34)42-50(46,47)31-16-12-15-29(22-31)35(43)44;;/h11-16,22,24,28,30H,10,17-21,23H2,1-9H3,(H,39,45)(H,40,41,42);2*1H/t28?,30-;;/m1../s1. The number of hydrogen-bond donors (Lipinski definition) is 2. The number of carbonyl (C=O) groups is 2. The van der Waals surface area contributed by atoms with Crippen LogP contribution < -0.4 is 14.8 Å². The summed E-state index contributed by atoms with van der Waals surface area (Å²) in [4.78, 5) is 37.6. The molecule has 2 N–H and O–H groups in total. The molecule has 3 aromatic rings. The number of nitrogens with one attached hydrogen (secondary N) is 2. The normalized spacial score (nSPS) is 16.7. The van der Waals surface area contributed by atoms with Gasteiger partial charge in [-0.3, -0.25) is 4.79 Å². The Morgan fingerprint density at radius 3 is 2.42 bits per heavy atom. The number of nitrogens with zero attached hydrogens (tertiary/aromatic N) is 3. The summed E-state index contributed by atoms with van der Waals surface area (Å²) in [6.07, 6.45) is 2.45. The molecular weight excluding hydrogens is 655 g/mol. The van der Waals surface area contributed by atoms with Crippen molar-refractivity contribution in [2.24, 2.45) is 11.8 Å². The van der Waals surface area contributed by atoms with Crippen molar-refractivity contribution in [2.45, 2.75) is 105 Å². The predicted molar refractivity (Wildman–Crippen MR) is 200 cm³/mol. The molecule has 0 saturated carbocycles. The summed E-state index contributed by atoms with van der Waals surface area (Å²) in [7, 11) is -4.17. The molecule has 0 fully saturated rings. The Bertz CT molecular complexity index is 1780. The van der Waals surface area contributed by atoms with Crippen LogP contribution in [0.5, 0.6) is 5.88 Å². The van der Waals surface area contributed by atoms with E-state index in [1.807, 2.05) is 64.6 Å². The molecule has 12 heteroatoms. The summed E-state index contributed by atoms with van der Waals surface area (Å²) in [6.45, 7) is 18.6. The van der Waals surface area contributed by atoms with Gasteiger partial charge in [-0.15, -0.1) is 0 Å². The first kappa shape index (κ1) is 38.6. The van der Waals surface area contributed by atoms with E-state index in [0.717, 1.165) is 23.1 Å². The van der Waals surface area contributed by atoms with E-state index in [1.54, 1.807) is 12.1 Å². The van der Waals surface area contributed by atoms with Gasteiger partial charge < -0.3 is 19.7 Å². The number of sulfonamides is 1. The van der Waals surface area contributed by atoms with Gasteiger partial charge in [0.25, 0.3) is 15.9 Å². The van der Waals surface area contributed by atoms with Gasteiger partial charge in [-0.25, -0.2) is 22.9 Å². The van der Waals surface area contributed by atoms with Crippen LogP contribution in [0.15, 0.2) is 47.4 Å². The zero-order valence-corrected chi connectivity index (χ0v) is 31.7. The summed E-state index contributed by atoms with van der Waals surface area (Å²) < 4.78 is 41.8. The third-order valence-electron chi connectivity index (χ3n) is 8.87. The third-order valence-corrected chi connectivity index (χ3v) is 10.2. The van der Waals surface area contributed by atoms with Crippen LogP contribution in [0.4, 0.5) is 10.7 Å². The van der Waals surface area contributed by atoms with Crippen molar-refractivity contribution in [1.82, 2.24) is 20.2 Å². The van der Waals surface area contributed by atoms with E-state index in [9.17, 15) is 18.0 Å². The molecule has 1 aromatic heterocycles. The zero-order chi connectivity index (χ0) is 36.8. The van der Waals surface area contributed by atoms with E-state index in [2.05, 4.69) is 35.8 Å². The molecule has 2 amide bonds. The molecule has 4 rings (SSSR count). The van der Waals surface area contributed by atoms with Crippen molar-refractivity contribution in [3.05, 3.63) is 64.7 Å². The fourth-order valence-corrected chi connectivity index (χ4v) is 7.27. The smallest absolute Gasteiger partial charge is 0.407 e. The molecule has 0 aliphatic carbocycles. The maximum absolute atomic E-state index is 14.4. The first-order chi connectivity index (χ1) is 23.5. The Balaban J connectivity index is 0.00000468. The molecule has 4 bridgehead atoms. The van der Waals surface area contributed by atoms with Crippen LogP contribution >= 0.6 is 0 Å². The Labute approximate surface area is 300 Å². The lowest BCUT2D eigenvalue weighted by atomic mass is 9.96. The minimum absolute atomic E-state index is 0. The van der Waals surface area contributed by atoms with Gasteiger partial charge in [0.05, 0.1) is 16.6 Å². The second kappa shape index (κ2) is 16.2. The molecule has 276 valence electrons. The fourth-order valence-electron chi connectivity index (χ4n) is 6.28. The molecule has 1 aliphatic heterocycles. The minimum Gasteiger partial charge on any atom is -0.475 e. The SMILES string of the molecule is CCC(CCNC(=O)OC(C)(C)C)CCN1C(=O)c2cccc(c2)S(=O)(=O)Nc2nc(c(C)c(-c3c(C)cccc3C)n2)OC[C@H]1CC(C)C.[HH].[HH]. The maximum atomic E-state index is 14.4. The highest BCUT2D eigenvalue weighted by atomic mass is 32.2. The molecule has 0 radical (unpaired) electrons. The monoisotopic (exact) mass is 711 g/mol. The van der Waals surface area contributed by atoms with Crippen LogP contribution in [-0.4, -0.2) is 66.6 Å². The molecule has 2 atom stereocenters. The van der Waals surface area contributed by atoms with Crippen LogP contribution in [0.2, 0.25) is 0 Å². The average molecular weight is 712 g/mol. The highest BCUT2D eigenvalue weighted by molar-refractivity contribution is 7.92. The topological polar surface area (TPSA) is 140 Å². The summed E-state index contributed by atoms with van der Waals surface area (Å²) in [6, 6.07) is 11.7. The number of alkyl carbamates (subject to hydrolysis) is 1. The van der Waals surface area contributed by atoms with Crippen LogP contribution in [0, 0.1) is 32.6 Å². The Kier molecular flexibility index (Phi) is 12.5. The molecular formula is C38H57N5O6S. The highest BCUT2D eigenvalue weighted by Crippen LogP contribution is 2.34. The average Bonchev–Trinajstić information content (AvgIpc) is 3.02. The van der Waals surface area contributed by atoms with Gasteiger partial charge in [0.1, 0.15) is 12.2 Å². The summed E-state index contributed by atoms with van der Waals surface area (Å²) in [5.74, 6) is 0.313. The van der Waals surface area contributed by atoms with Crippen molar-refractivity contribution >= 4 is 28.0 Å². The number of rotatable bonds is 10. The van der Waals surface area contributed by atoms with E-state index in [0.29, 0.717) is 43.6 Å². The predicted octanol–water partition coefficient (Wildman–Crippen LogP) is 7.94. The number of anilines is 1. The summed E-state index contributed by atoms with van der Waals surface area (Å²) in [5, 5.41) is 2.84. The zero-order valence-electron chi connectivity index (χ0n) is 30.9.